The van der Waals surface area contributed by atoms with Crippen LogP contribution in [0.15, 0.2) is 18.2 Å². The van der Waals surface area contributed by atoms with E-state index in [1.807, 2.05) is 0 Å². The van der Waals surface area contributed by atoms with Gasteiger partial charge in [-0.3, -0.25) is 4.79 Å². The van der Waals surface area contributed by atoms with E-state index in [0.29, 0.717) is 5.69 Å². The molecule has 0 spiro atoms. The van der Waals surface area contributed by atoms with Gasteiger partial charge in [0.25, 0.3) is 5.91 Å². The molecule has 2 rings (SSSR count). The molecule has 1 aliphatic heterocycles. The van der Waals surface area contributed by atoms with E-state index in [4.69, 9.17) is 2.74 Å². The number of carbonyl (C=O) groups excluding carboxylic acids is 1. The first-order valence-corrected chi connectivity index (χ1v) is 5.73. The fourth-order valence-corrected chi connectivity index (χ4v) is 1.91. The highest BCUT2D eigenvalue weighted by Gasteiger charge is 2.20. The van der Waals surface area contributed by atoms with Crippen molar-refractivity contribution in [1.82, 2.24) is 9.88 Å². The Morgan fingerprint density at radius 2 is 2.27 bits per heavy atom. The summed E-state index contributed by atoms with van der Waals surface area (Å²) in [6.45, 7) is 1.54. The van der Waals surface area contributed by atoms with Crippen LogP contribution in [0.25, 0.3) is 0 Å². The standard InChI is InChI=1S/C11H13BrN2O/c12-8-9-4-3-5-10(13-9)11(15)14-6-1-2-7-14/h3-5H,1-2,6-8H2/i8D2. The van der Waals surface area contributed by atoms with Gasteiger partial charge in [0.15, 0.2) is 0 Å². The van der Waals surface area contributed by atoms with Crippen molar-refractivity contribution in [3.63, 3.8) is 0 Å². The van der Waals surface area contributed by atoms with Gasteiger partial charge in [-0.2, -0.15) is 0 Å². The molecule has 0 aliphatic carbocycles. The SMILES string of the molecule is [2H]C([2H])(Br)c1cccc(C(=O)N2CCCC2)n1. The van der Waals surface area contributed by atoms with E-state index < -0.39 is 5.28 Å². The van der Waals surface area contributed by atoms with Gasteiger partial charge in [0, 0.05) is 21.1 Å². The Balaban J connectivity index is 2.24. The van der Waals surface area contributed by atoms with Crippen molar-refractivity contribution >= 4 is 21.8 Å². The van der Waals surface area contributed by atoms with Gasteiger partial charge in [-0.1, -0.05) is 22.0 Å². The number of hydrogen-bond acceptors (Lipinski definition) is 2. The van der Waals surface area contributed by atoms with E-state index >= 15 is 0 Å². The highest BCUT2D eigenvalue weighted by molar-refractivity contribution is 9.08. The molecular formula is C11H13BrN2O. The zero-order chi connectivity index (χ0) is 12.5. The van der Waals surface area contributed by atoms with Crippen LogP contribution in [0, 0.1) is 0 Å². The second-order valence-electron chi connectivity index (χ2n) is 3.50. The van der Waals surface area contributed by atoms with Gasteiger partial charge in [0.05, 0.1) is 5.69 Å². The van der Waals surface area contributed by atoms with Gasteiger partial charge in [0.1, 0.15) is 5.69 Å². The maximum atomic E-state index is 12.1. The maximum Gasteiger partial charge on any atom is 0.272 e. The van der Waals surface area contributed by atoms with E-state index in [2.05, 4.69) is 20.9 Å². The first-order valence-electron chi connectivity index (χ1n) is 5.94. The molecule has 80 valence electrons. The maximum absolute atomic E-state index is 12.1. The number of nitrogens with zero attached hydrogens (tertiary/aromatic N) is 2. The number of hydrogen-bond donors (Lipinski definition) is 0. The number of carbonyl (C=O) groups is 1. The molecule has 0 saturated carbocycles. The molecule has 1 amide bonds. The molecule has 1 aliphatic rings. The molecule has 3 nitrogen and oxygen atoms in total. The van der Waals surface area contributed by atoms with Crippen LogP contribution in [0.4, 0.5) is 0 Å². The number of amides is 1. The van der Waals surface area contributed by atoms with Gasteiger partial charge < -0.3 is 4.90 Å². The van der Waals surface area contributed by atoms with Gasteiger partial charge in [0.2, 0.25) is 0 Å². The normalized spacial score (nSPS) is 18.6. The smallest absolute Gasteiger partial charge is 0.272 e. The lowest BCUT2D eigenvalue weighted by atomic mass is 10.3. The molecule has 1 aromatic rings. The topological polar surface area (TPSA) is 33.2 Å². The molecule has 0 unspecified atom stereocenters. The molecule has 0 radical (unpaired) electrons. The zero-order valence-corrected chi connectivity index (χ0v) is 9.83. The van der Waals surface area contributed by atoms with Crippen LogP contribution in [0.3, 0.4) is 0 Å². The van der Waals surface area contributed by atoms with Crippen molar-refractivity contribution in [1.29, 1.82) is 0 Å². The summed E-state index contributed by atoms with van der Waals surface area (Å²) < 4.78 is 15.0. The Hall–Kier alpha value is -0.900. The monoisotopic (exact) mass is 270 g/mol. The van der Waals surface area contributed by atoms with Crippen LogP contribution in [-0.2, 0) is 5.28 Å². The van der Waals surface area contributed by atoms with Crippen molar-refractivity contribution < 1.29 is 7.54 Å². The molecular weight excluding hydrogens is 256 g/mol. The molecule has 4 heteroatoms. The number of alkyl halides is 1. The highest BCUT2D eigenvalue weighted by Crippen LogP contribution is 2.12. The summed E-state index contributed by atoms with van der Waals surface area (Å²) in [5.74, 6) is -0.110. The Kier molecular flexibility index (Phi) is 2.62. The van der Waals surface area contributed by atoms with E-state index in [0.717, 1.165) is 25.9 Å². The van der Waals surface area contributed by atoms with E-state index in [1.165, 1.54) is 0 Å². The predicted molar refractivity (Wildman–Crippen MR) is 62.0 cm³/mol. The summed E-state index contributed by atoms with van der Waals surface area (Å²) in [7, 11) is 0. The van der Waals surface area contributed by atoms with Crippen molar-refractivity contribution in [2.75, 3.05) is 13.1 Å². The minimum Gasteiger partial charge on any atom is -0.337 e. The van der Waals surface area contributed by atoms with Gasteiger partial charge >= 0.3 is 0 Å². The molecule has 0 atom stereocenters. The summed E-state index contributed by atoms with van der Waals surface area (Å²) in [6, 6.07) is 4.85. The highest BCUT2D eigenvalue weighted by atomic mass is 79.9. The molecule has 1 saturated heterocycles. The number of halogens is 1. The molecule has 0 bridgehead atoms. The average molecular weight is 271 g/mol. The second kappa shape index (κ2) is 4.75. The molecule has 1 fully saturated rings. The van der Waals surface area contributed by atoms with Crippen LogP contribution in [0.2, 0.25) is 0 Å². The summed E-state index contributed by atoms with van der Waals surface area (Å²) in [5.41, 5.74) is 0.537. The van der Waals surface area contributed by atoms with Crippen LogP contribution in [0.1, 0.15) is 31.8 Å². The third-order valence-electron chi connectivity index (χ3n) is 2.46. The van der Waals surface area contributed by atoms with E-state index in [1.54, 1.807) is 23.1 Å². The minimum absolute atomic E-state index is 0.110. The van der Waals surface area contributed by atoms with Gasteiger partial charge in [-0.15, -0.1) is 0 Å². The third-order valence-corrected chi connectivity index (χ3v) is 2.86. The third kappa shape index (κ3) is 2.37. The Bertz CT molecular complexity index is 428. The van der Waals surface area contributed by atoms with Crippen LogP contribution < -0.4 is 0 Å². The van der Waals surface area contributed by atoms with Crippen LogP contribution in [0.5, 0.6) is 0 Å². The van der Waals surface area contributed by atoms with Gasteiger partial charge in [-0.05, 0) is 25.0 Å². The van der Waals surface area contributed by atoms with E-state index in [9.17, 15) is 4.79 Å². The largest absolute Gasteiger partial charge is 0.337 e. The summed E-state index contributed by atoms with van der Waals surface area (Å²) in [5, 5.41) is -1.70. The molecule has 2 heterocycles. The fourth-order valence-electron chi connectivity index (χ4n) is 1.69. The average Bonchev–Trinajstić information content (AvgIpc) is 2.80. The lowest BCUT2D eigenvalue weighted by molar-refractivity contribution is 0.0787. The molecule has 1 aromatic heterocycles. The molecule has 0 N–H and O–H groups in total. The lowest BCUT2D eigenvalue weighted by Crippen LogP contribution is -2.28. The number of aromatic nitrogens is 1. The predicted octanol–water partition coefficient (Wildman–Crippen LogP) is 2.21. The summed E-state index contributed by atoms with van der Waals surface area (Å²) >= 11 is 2.90. The first-order chi connectivity index (χ1) is 7.98. The molecule has 0 aromatic carbocycles. The second-order valence-corrected chi connectivity index (χ2v) is 3.90. The number of rotatable bonds is 2. The summed E-state index contributed by atoms with van der Waals surface area (Å²) in [6.07, 6.45) is 2.06. The fraction of sp³-hybridized carbons (Fsp3) is 0.455. The number of pyridine rings is 1. The van der Waals surface area contributed by atoms with E-state index in [-0.39, 0.29) is 11.6 Å². The van der Waals surface area contributed by atoms with Crippen molar-refractivity contribution in [2.45, 2.75) is 18.1 Å². The lowest BCUT2D eigenvalue weighted by Gasteiger charge is -2.14. The summed E-state index contributed by atoms with van der Waals surface area (Å²) in [4.78, 5) is 17.9. The Morgan fingerprint density at radius 1 is 1.53 bits per heavy atom. The van der Waals surface area contributed by atoms with Crippen LogP contribution >= 0.6 is 15.9 Å². The van der Waals surface area contributed by atoms with Crippen LogP contribution in [-0.4, -0.2) is 28.9 Å². The van der Waals surface area contributed by atoms with Crippen molar-refractivity contribution in [2.24, 2.45) is 0 Å². The minimum atomic E-state index is -1.70. The number of likely N-dealkylation sites (tertiary alicyclic amines) is 1. The van der Waals surface area contributed by atoms with Gasteiger partial charge in [-0.25, -0.2) is 4.98 Å². The van der Waals surface area contributed by atoms with Crippen molar-refractivity contribution in [3.05, 3.63) is 29.6 Å². The Morgan fingerprint density at radius 3 is 2.93 bits per heavy atom. The first kappa shape index (κ1) is 8.28. The molecule has 15 heavy (non-hydrogen) atoms. The van der Waals surface area contributed by atoms with Crippen molar-refractivity contribution in [3.8, 4) is 0 Å². The zero-order valence-electron chi connectivity index (χ0n) is 10.2. The quantitative estimate of drug-likeness (QED) is 0.773. The Labute approximate surface area is 100 Å².